The molecule has 2 rings (SSSR count). The van der Waals surface area contributed by atoms with E-state index in [1.54, 1.807) is 13.1 Å². The molecule has 0 aliphatic rings. The topological polar surface area (TPSA) is 25.2 Å². The lowest BCUT2D eigenvalue weighted by atomic mass is 10.1. The normalized spacial score (nSPS) is 13.9. The van der Waals surface area contributed by atoms with Gasteiger partial charge >= 0.3 is 6.18 Å². The van der Waals surface area contributed by atoms with Gasteiger partial charge in [-0.15, -0.1) is 0 Å². The van der Waals surface area contributed by atoms with Crippen LogP contribution in [-0.4, -0.2) is 13.2 Å². The molecule has 1 unspecified atom stereocenters. The summed E-state index contributed by atoms with van der Waals surface area (Å²) in [5, 5.41) is 3.80. The maximum atomic E-state index is 12.3. The summed E-state index contributed by atoms with van der Waals surface area (Å²) in [5.41, 5.74) is 1.72. The molecule has 0 spiro atoms. The Morgan fingerprint density at radius 1 is 1.32 bits per heavy atom. The Balaban J connectivity index is 2.23. The fourth-order valence-electron chi connectivity index (χ4n) is 2.14. The largest absolute Gasteiger partial charge is 0.459 e. The monoisotopic (exact) mass is 271 g/mol. The zero-order valence-electron chi connectivity index (χ0n) is 10.8. The minimum atomic E-state index is -4.14. The van der Waals surface area contributed by atoms with Gasteiger partial charge in [0.25, 0.3) is 0 Å². The quantitative estimate of drug-likeness (QED) is 0.894. The highest BCUT2D eigenvalue weighted by Crippen LogP contribution is 2.31. The van der Waals surface area contributed by atoms with Gasteiger partial charge in [0.2, 0.25) is 0 Å². The van der Waals surface area contributed by atoms with Gasteiger partial charge in [-0.25, -0.2) is 0 Å². The molecular weight excluding hydrogens is 255 g/mol. The summed E-state index contributed by atoms with van der Waals surface area (Å²) in [7, 11) is 1.64. The second kappa shape index (κ2) is 5.25. The Kier molecular flexibility index (Phi) is 3.85. The highest BCUT2D eigenvalue weighted by atomic mass is 19.4. The van der Waals surface area contributed by atoms with Crippen molar-refractivity contribution < 1.29 is 17.6 Å². The lowest BCUT2D eigenvalue weighted by molar-refractivity contribution is -0.136. The van der Waals surface area contributed by atoms with Crippen LogP contribution >= 0.6 is 0 Å². The molecule has 0 saturated heterocycles. The Labute approximate surface area is 109 Å². The molecule has 0 radical (unpaired) electrons. The number of hydrogen-bond acceptors (Lipinski definition) is 2. The van der Waals surface area contributed by atoms with Gasteiger partial charge in [0.05, 0.1) is 6.04 Å². The van der Waals surface area contributed by atoms with Crippen molar-refractivity contribution in [1.82, 2.24) is 5.32 Å². The molecule has 0 fully saturated rings. The van der Waals surface area contributed by atoms with E-state index in [0.29, 0.717) is 5.76 Å². The van der Waals surface area contributed by atoms with Crippen molar-refractivity contribution in [1.29, 1.82) is 0 Å². The highest BCUT2D eigenvalue weighted by molar-refractivity contribution is 5.80. The fraction of sp³-hybridized carbons (Fsp3) is 0.429. The maximum absolute atomic E-state index is 12.3. The first-order valence-corrected chi connectivity index (χ1v) is 6.14. The Bertz CT molecular complexity index is 559. The van der Waals surface area contributed by atoms with E-state index in [2.05, 4.69) is 5.32 Å². The summed E-state index contributed by atoms with van der Waals surface area (Å²) in [5.74, 6) is 0.552. The van der Waals surface area contributed by atoms with E-state index in [1.165, 1.54) is 0 Å². The molecule has 2 nitrogen and oxygen atoms in total. The van der Waals surface area contributed by atoms with Crippen molar-refractivity contribution in [2.45, 2.75) is 32.0 Å². The summed E-state index contributed by atoms with van der Waals surface area (Å²) in [6.07, 6.45) is -5.00. The number of aryl methyl sites for hydroxylation is 1. The molecule has 5 heteroatoms. The van der Waals surface area contributed by atoms with Gasteiger partial charge in [0.15, 0.2) is 0 Å². The number of fused-ring (bicyclic) bond motifs is 1. The Morgan fingerprint density at radius 2 is 2.05 bits per heavy atom. The number of alkyl halides is 3. The van der Waals surface area contributed by atoms with Crippen LogP contribution in [0.5, 0.6) is 0 Å². The van der Waals surface area contributed by atoms with Gasteiger partial charge in [-0.2, -0.15) is 13.2 Å². The molecule has 1 aromatic heterocycles. The van der Waals surface area contributed by atoms with Crippen molar-refractivity contribution in [2.24, 2.45) is 0 Å². The van der Waals surface area contributed by atoms with E-state index in [9.17, 15) is 13.2 Å². The molecule has 1 heterocycles. The third-order valence-corrected chi connectivity index (χ3v) is 3.17. The predicted molar refractivity (Wildman–Crippen MR) is 68.0 cm³/mol. The van der Waals surface area contributed by atoms with Crippen LogP contribution in [-0.2, 0) is 0 Å². The number of hydrogen-bond donors (Lipinski definition) is 1. The average molecular weight is 271 g/mol. The minimum absolute atomic E-state index is 0.0289. The number of furan rings is 1. The number of benzene rings is 1. The van der Waals surface area contributed by atoms with Gasteiger partial charge in [-0.1, -0.05) is 18.2 Å². The third-order valence-electron chi connectivity index (χ3n) is 3.17. The van der Waals surface area contributed by atoms with Crippen LogP contribution in [0.2, 0.25) is 0 Å². The van der Waals surface area contributed by atoms with E-state index in [0.717, 1.165) is 16.5 Å². The van der Waals surface area contributed by atoms with Crippen molar-refractivity contribution in [2.75, 3.05) is 7.05 Å². The van der Waals surface area contributed by atoms with Crippen molar-refractivity contribution in [3.63, 3.8) is 0 Å². The van der Waals surface area contributed by atoms with Crippen LogP contribution < -0.4 is 5.32 Å². The summed E-state index contributed by atoms with van der Waals surface area (Å²) in [6, 6.07) is 7.10. The van der Waals surface area contributed by atoms with Crippen LogP contribution in [0.4, 0.5) is 13.2 Å². The molecule has 0 aliphatic heterocycles. The predicted octanol–water partition coefficient (Wildman–Crippen LogP) is 4.34. The summed E-state index contributed by atoms with van der Waals surface area (Å²) >= 11 is 0. The summed E-state index contributed by atoms with van der Waals surface area (Å²) in [6.45, 7) is 1.92. The van der Waals surface area contributed by atoms with Crippen LogP contribution in [0, 0.1) is 6.92 Å². The maximum Gasteiger partial charge on any atom is 0.389 e. The average Bonchev–Trinajstić information content (AvgIpc) is 2.73. The highest BCUT2D eigenvalue weighted by Gasteiger charge is 2.29. The first-order chi connectivity index (χ1) is 8.90. The number of rotatable bonds is 4. The first kappa shape index (κ1) is 13.9. The fourth-order valence-corrected chi connectivity index (χ4v) is 2.14. The molecule has 1 atom stereocenters. The lowest BCUT2D eigenvalue weighted by Crippen LogP contribution is -2.19. The molecule has 1 aromatic carbocycles. The van der Waals surface area contributed by atoms with E-state index < -0.39 is 18.6 Å². The second-order valence-corrected chi connectivity index (χ2v) is 4.64. The first-order valence-electron chi connectivity index (χ1n) is 6.14. The van der Waals surface area contributed by atoms with E-state index >= 15 is 0 Å². The molecule has 0 aliphatic carbocycles. The lowest BCUT2D eigenvalue weighted by Gasteiger charge is -2.14. The Hall–Kier alpha value is -1.49. The van der Waals surface area contributed by atoms with Gasteiger partial charge < -0.3 is 9.73 Å². The third kappa shape index (κ3) is 3.29. The smallest absolute Gasteiger partial charge is 0.389 e. The zero-order chi connectivity index (χ0) is 14.0. The van der Waals surface area contributed by atoms with Crippen LogP contribution in [0.15, 0.2) is 28.7 Å². The van der Waals surface area contributed by atoms with E-state index in [-0.39, 0.29) is 6.42 Å². The van der Waals surface area contributed by atoms with Crippen molar-refractivity contribution in [3.05, 3.63) is 35.6 Å². The van der Waals surface area contributed by atoms with Gasteiger partial charge in [0, 0.05) is 11.8 Å². The van der Waals surface area contributed by atoms with Gasteiger partial charge in [0.1, 0.15) is 11.3 Å². The summed E-state index contributed by atoms with van der Waals surface area (Å²) < 4.78 is 42.5. The van der Waals surface area contributed by atoms with Gasteiger partial charge in [-0.05, 0) is 32.0 Å². The van der Waals surface area contributed by atoms with Crippen molar-refractivity contribution in [3.8, 4) is 0 Å². The zero-order valence-corrected chi connectivity index (χ0v) is 10.8. The molecule has 104 valence electrons. The standard InChI is InChI=1S/C14H16F3NO/c1-9-4-3-5-10-8-12(19-13(9)10)11(18-2)6-7-14(15,16)17/h3-5,8,11,18H,6-7H2,1-2H3. The molecule has 0 saturated carbocycles. The number of nitrogens with one attached hydrogen (secondary N) is 1. The Morgan fingerprint density at radius 3 is 2.63 bits per heavy atom. The molecule has 2 aromatic rings. The molecule has 1 N–H and O–H groups in total. The van der Waals surface area contributed by atoms with E-state index in [4.69, 9.17) is 4.42 Å². The number of para-hydroxylation sites is 1. The van der Waals surface area contributed by atoms with Gasteiger partial charge in [-0.3, -0.25) is 0 Å². The van der Waals surface area contributed by atoms with Crippen LogP contribution in [0.25, 0.3) is 11.0 Å². The van der Waals surface area contributed by atoms with Crippen LogP contribution in [0.1, 0.15) is 30.2 Å². The molecule has 19 heavy (non-hydrogen) atoms. The second-order valence-electron chi connectivity index (χ2n) is 4.64. The SMILES string of the molecule is CNC(CCC(F)(F)F)c1cc2cccc(C)c2o1. The molecular formula is C14H16F3NO. The van der Waals surface area contributed by atoms with Crippen molar-refractivity contribution >= 4 is 11.0 Å². The van der Waals surface area contributed by atoms with Crippen LogP contribution in [0.3, 0.4) is 0 Å². The minimum Gasteiger partial charge on any atom is -0.459 e. The van der Waals surface area contributed by atoms with E-state index in [1.807, 2.05) is 25.1 Å². The summed E-state index contributed by atoms with van der Waals surface area (Å²) in [4.78, 5) is 0. The number of halogens is 3. The molecule has 0 amide bonds. The molecule has 0 bridgehead atoms.